The Labute approximate surface area is 112 Å². The van der Waals surface area contributed by atoms with Crippen molar-refractivity contribution in [3.8, 4) is 5.75 Å². The van der Waals surface area contributed by atoms with Crippen LogP contribution in [-0.2, 0) is 9.59 Å². The van der Waals surface area contributed by atoms with Crippen molar-refractivity contribution >= 4 is 17.5 Å². The van der Waals surface area contributed by atoms with E-state index in [1.165, 1.54) is 18.6 Å². The Balaban J connectivity index is 1.84. The molecule has 0 atom stereocenters. The molecule has 5 nitrogen and oxygen atoms in total. The maximum Gasteiger partial charge on any atom is 0.313 e. The van der Waals surface area contributed by atoms with Crippen LogP contribution in [0.15, 0.2) is 24.3 Å². The Morgan fingerprint density at radius 2 is 1.63 bits per heavy atom. The lowest BCUT2D eigenvalue weighted by Crippen LogP contribution is -2.42. The Kier molecular flexibility index (Phi) is 4.39. The number of benzene rings is 1. The molecule has 3 N–H and O–H groups in total. The highest BCUT2D eigenvalue weighted by atomic mass is 16.3. The quantitative estimate of drug-likeness (QED) is 0.561. The number of aromatic hydroxyl groups is 1. The van der Waals surface area contributed by atoms with Gasteiger partial charge < -0.3 is 15.7 Å². The van der Waals surface area contributed by atoms with Crippen molar-refractivity contribution in [1.29, 1.82) is 0 Å². The van der Waals surface area contributed by atoms with Gasteiger partial charge in [0.15, 0.2) is 0 Å². The zero-order chi connectivity index (χ0) is 13.7. The fourth-order valence-corrected chi connectivity index (χ4v) is 2.23. The fourth-order valence-electron chi connectivity index (χ4n) is 2.23. The topological polar surface area (TPSA) is 78.4 Å². The number of carbonyl (C=O) groups is 2. The SMILES string of the molecule is O=C(Nc1ccc(O)cc1)C(=O)NC1CCCCC1. The number of anilines is 1. The third kappa shape index (κ3) is 3.98. The van der Waals surface area contributed by atoms with E-state index in [2.05, 4.69) is 10.6 Å². The number of hydrogen-bond donors (Lipinski definition) is 3. The summed E-state index contributed by atoms with van der Waals surface area (Å²) in [6.45, 7) is 0. The third-order valence-electron chi connectivity index (χ3n) is 3.27. The van der Waals surface area contributed by atoms with Crippen molar-refractivity contribution < 1.29 is 14.7 Å². The third-order valence-corrected chi connectivity index (χ3v) is 3.27. The lowest BCUT2D eigenvalue weighted by atomic mass is 9.95. The van der Waals surface area contributed by atoms with E-state index < -0.39 is 11.8 Å². The first-order valence-electron chi connectivity index (χ1n) is 6.56. The monoisotopic (exact) mass is 262 g/mol. The summed E-state index contributed by atoms with van der Waals surface area (Å²) in [5, 5.41) is 14.4. The van der Waals surface area contributed by atoms with Gasteiger partial charge in [-0.15, -0.1) is 0 Å². The molecule has 1 aliphatic carbocycles. The molecule has 5 heteroatoms. The molecule has 0 aromatic heterocycles. The van der Waals surface area contributed by atoms with Gasteiger partial charge in [0.1, 0.15) is 5.75 Å². The van der Waals surface area contributed by atoms with E-state index in [0.717, 1.165) is 25.7 Å². The van der Waals surface area contributed by atoms with Crippen molar-refractivity contribution in [2.24, 2.45) is 0 Å². The van der Waals surface area contributed by atoms with Crippen LogP contribution in [0.3, 0.4) is 0 Å². The number of amides is 2. The summed E-state index contributed by atoms with van der Waals surface area (Å²) in [5.74, 6) is -1.15. The molecule has 0 spiro atoms. The largest absolute Gasteiger partial charge is 0.508 e. The summed E-state index contributed by atoms with van der Waals surface area (Å²) in [4.78, 5) is 23.4. The van der Waals surface area contributed by atoms with E-state index in [0.29, 0.717) is 5.69 Å². The van der Waals surface area contributed by atoms with Crippen molar-refractivity contribution in [2.75, 3.05) is 5.32 Å². The highest BCUT2D eigenvalue weighted by molar-refractivity contribution is 6.39. The lowest BCUT2D eigenvalue weighted by Gasteiger charge is -2.22. The standard InChI is InChI=1S/C14H18N2O3/c17-12-8-6-11(7-9-12)16-14(19)13(18)15-10-4-2-1-3-5-10/h6-10,17H,1-5H2,(H,15,18)(H,16,19). The van der Waals surface area contributed by atoms with Gasteiger partial charge in [0, 0.05) is 11.7 Å². The molecule has 0 aliphatic heterocycles. The molecule has 0 bridgehead atoms. The van der Waals surface area contributed by atoms with Gasteiger partial charge in [-0.25, -0.2) is 0 Å². The van der Waals surface area contributed by atoms with Crippen molar-refractivity contribution in [2.45, 2.75) is 38.1 Å². The van der Waals surface area contributed by atoms with E-state index in [-0.39, 0.29) is 11.8 Å². The molecule has 0 unspecified atom stereocenters. The van der Waals surface area contributed by atoms with Gasteiger partial charge in [-0.3, -0.25) is 9.59 Å². The van der Waals surface area contributed by atoms with E-state index >= 15 is 0 Å². The molecule has 1 aromatic carbocycles. The number of nitrogens with one attached hydrogen (secondary N) is 2. The van der Waals surface area contributed by atoms with Crippen LogP contribution in [0.1, 0.15) is 32.1 Å². The Bertz CT molecular complexity index is 450. The summed E-state index contributed by atoms with van der Waals surface area (Å²) < 4.78 is 0. The maximum absolute atomic E-state index is 11.7. The van der Waals surface area contributed by atoms with Crippen LogP contribution in [-0.4, -0.2) is 23.0 Å². The van der Waals surface area contributed by atoms with Crippen LogP contribution in [0.4, 0.5) is 5.69 Å². The summed E-state index contributed by atoms with van der Waals surface area (Å²) in [7, 11) is 0. The zero-order valence-electron chi connectivity index (χ0n) is 10.7. The number of phenols is 1. The summed E-state index contributed by atoms with van der Waals surface area (Å²) >= 11 is 0. The zero-order valence-corrected chi connectivity index (χ0v) is 10.7. The molecular formula is C14H18N2O3. The summed E-state index contributed by atoms with van der Waals surface area (Å²) in [6.07, 6.45) is 5.29. The second-order valence-electron chi connectivity index (χ2n) is 4.81. The molecular weight excluding hydrogens is 244 g/mol. The van der Waals surface area contributed by atoms with Gasteiger partial charge in [0.2, 0.25) is 0 Å². The first kappa shape index (κ1) is 13.4. The number of hydrogen-bond acceptors (Lipinski definition) is 3. The van der Waals surface area contributed by atoms with Gasteiger partial charge in [0.05, 0.1) is 0 Å². The molecule has 0 radical (unpaired) electrons. The molecule has 1 aromatic rings. The lowest BCUT2D eigenvalue weighted by molar-refractivity contribution is -0.136. The molecule has 2 rings (SSSR count). The molecule has 19 heavy (non-hydrogen) atoms. The number of rotatable bonds is 2. The van der Waals surface area contributed by atoms with Crippen molar-refractivity contribution in [1.82, 2.24) is 5.32 Å². The average Bonchev–Trinajstić information content (AvgIpc) is 2.42. The minimum Gasteiger partial charge on any atom is -0.508 e. The number of phenolic OH excluding ortho intramolecular Hbond substituents is 1. The first-order valence-corrected chi connectivity index (χ1v) is 6.56. The van der Waals surface area contributed by atoms with E-state index in [9.17, 15) is 9.59 Å². The highest BCUT2D eigenvalue weighted by Crippen LogP contribution is 2.17. The first-order chi connectivity index (χ1) is 9.15. The molecule has 1 saturated carbocycles. The number of carbonyl (C=O) groups excluding carboxylic acids is 2. The van der Waals surface area contributed by atoms with E-state index in [1.54, 1.807) is 12.1 Å². The second-order valence-corrected chi connectivity index (χ2v) is 4.81. The van der Waals surface area contributed by atoms with Gasteiger partial charge in [-0.05, 0) is 37.1 Å². The van der Waals surface area contributed by atoms with Crippen LogP contribution in [0.2, 0.25) is 0 Å². The van der Waals surface area contributed by atoms with Crippen molar-refractivity contribution in [3.63, 3.8) is 0 Å². The van der Waals surface area contributed by atoms with Crippen LogP contribution in [0.25, 0.3) is 0 Å². The van der Waals surface area contributed by atoms with Gasteiger partial charge in [0.25, 0.3) is 0 Å². The Morgan fingerprint density at radius 1 is 1.00 bits per heavy atom. The predicted molar refractivity (Wildman–Crippen MR) is 71.8 cm³/mol. The molecule has 1 fully saturated rings. The molecule has 1 aliphatic rings. The van der Waals surface area contributed by atoms with E-state index in [4.69, 9.17) is 5.11 Å². The minimum atomic E-state index is -0.670. The molecule has 2 amide bonds. The second kappa shape index (κ2) is 6.22. The van der Waals surface area contributed by atoms with E-state index in [1.807, 2.05) is 0 Å². The Hall–Kier alpha value is -2.04. The maximum atomic E-state index is 11.7. The van der Waals surface area contributed by atoms with Crippen molar-refractivity contribution in [3.05, 3.63) is 24.3 Å². The minimum absolute atomic E-state index is 0.115. The molecule has 102 valence electrons. The van der Waals surface area contributed by atoms with Crippen LogP contribution in [0.5, 0.6) is 5.75 Å². The highest BCUT2D eigenvalue weighted by Gasteiger charge is 2.20. The smallest absolute Gasteiger partial charge is 0.313 e. The summed E-state index contributed by atoms with van der Waals surface area (Å²) in [6, 6.07) is 6.11. The molecule has 0 saturated heterocycles. The Morgan fingerprint density at radius 3 is 2.26 bits per heavy atom. The van der Waals surface area contributed by atoms with Crippen LogP contribution in [0, 0.1) is 0 Å². The van der Waals surface area contributed by atoms with Gasteiger partial charge in [-0.1, -0.05) is 19.3 Å². The summed E-state index contributed by atoms with van der Waals surface area (Å²) in [5.41, 5.74) is 0.488. The fraction of sp³-hybridized carbons (Fsp3) is 0.429. The van der Waals surface area contributed by atoms with Gasteiger partial charge in [-0.2, -0.15) is 0 Å². The van der Waals surface area contributed by atoms with Gasteiger partial charge >= 0.3 is 11.8 Å². The predicted octanol–water partition coefficient (Wildman–Crippen LogP) is 1.78. The van der Waals surface area contributed by atoms with Crippen LogP contribution < -0.4 is 10.6 Å². The van der Waals surface area contributed by atoms with Crippen LogP contribution >= 0.6 is 0 Å². The normalized spacial score (nSPS) is 15.8. The molecule has 0 heterocycles. The average molecular weight is 262 g/mol.